The fourth-order valence-electron chi connectivity index (χ4n) is 2.60. The van der Waals surface area contributed by atoms with Crippen molar-refractivity contribution >= 4 is 11.7 Å². The number of anilines is 1. The summed E-state index contributed by atoms with van der Waals surface area (Å²) in [5, 5.41) is 5.95. The highest BCUT2D eigenvalue weighted by molar-refractivity contribution is 5.90. The van der Waals surface area contributed by atoms with Gasteiger partial charge in [0.15, 0.2) is 0 Å². The minimum Gasteiger partial charge on any atom is -0.381 e. The highest BCUT2D eigenvalue weighted by Gasteiger charge is 2.19. The number of rotatable bonds is 3. The number of carbonyl (C=O) groups is 1. The number of hydrogen-bond donors (Lipinski definition) is 2. The van der Waals surface area contributed by atoms with Gasteiger partial charge in [-0.3, -0.25) is 0 Å². The number of urea groups is 1. The molecule has 21 heavy (non-hydrogen) atoms. The average Bonchev–Trinajstić information content (AvgIpc) is 2.46. The third-order valence-electron chi connectivity index (χ3n) is 3.88. The molecule has 116 valence electrons. The molecule has 1 heterocycles. The molecule has 1 aliphatic heterocycles. The zero-order valence-electron chi connectivity index (χ0n) is 13.2. The first kappa shape index (κ1) is 15.8. The zero-order chi connectivity index (χ0) is 15.3. The van der Waals surface area contributed by atoms with Crippen molar-refractivity contribution in [2.45, 2.75) is 39.0 Å². The van der Waals surface area contributed by atoms with Crippen LogP contribution >= 0.6 is 0 Å². The Balaban J connectivity index is 1.90. The maximum Gasteiger partial charge on any atom is 0.319 e. The monoisotopic (exact) mass is 290 g/mol. The molecule has 4 nitrogen and oxygen atoms in total. The molecule has 0 saturated carbocycles. The van der Waals surface area contributed by atoms with E-state index in [2.05, 4.69) is 37.5 Å². The second kappa shape index (κ2) is 6.94. The summed E-state index contributed by atoms with van der Waals surface area (Å²) in [6.45, 7) is 8.77. The number of amides is 2. The first-order valence-corrected chi connectivity index (χ1v) is 7.69. The first-order chi connectivity index (χ1) is 9.97. The van der Waals surface area contributed by atoms with Gasteiger partial charge >= 0.3 is 6.03 Å². The third-order valence-corrected chi connectivity index (χ3v) is 3.88. The highest BCUT2D eigenvalue weighted by Crippen LogP contribution is 2.29. The summed E-state index contributed by atoms with van der Waals surface area (Å²) in [7, 11) is 0. The van der Waals surface area contributed by atoms with Crippen LogP contribution in [0.25, 0.3) is 0 Å². The van der Waals surface area contributed by atoms with E-state index in [4.69, 9.17) is 4.74 Å². The minimum absolute atomic E-state index is 0.00455. The molecular formula is C17H26N2O2. The van der Waals surface area contributed by atoms with Crippen LogP contribution in [0.15, 0.2) is 24.3 Å². The van der Waals surface area contributed by atoms with E-state index in [1.54, 1.807) is 0 Å². The van der Waals surface area contributed by atoms with Gasteiger partial charge in [-0.25, -0.2) is 4.79 Å². The van der Waals surface area contributed by atoms with Gasteiger partial charge in [0.05, 0.1) is 0 Å². The van der Waals surface area contributed by atoms with Crippen LogP contribution in [0.3, 0.4) is 0 Å². The first-order valence-electron chi connectivity index (χ1n) is 7.69. The predicted octanol–water partition coefficient (Wildman–Crippen LogP) is 3.53. The fraction of sp³-hybridized carbons (Fsp3) is 0.588. The van der Waals surface area contributed by atoms with Crippen molar-refractivity contribution < 1.29 is 9.53 Å². The highest BCUT2D eigenvalue weighted by atomic mass is 16.5. The second-order valence-electron chi connectivity index (χ2n) is 6.69. The molecule has 0 aromatic heterocycles. The van der Waals surface area contributed by atoms with Crippen LogP contribution in [0.5, 0.6) is 0 Å². The number of nitrogens with one attached hydrogen (secondary N) is 2. The average molecular weight is 290 g/mol. The van der Waals surface area contributed by atoms with Gasteiger partial charge in [-0.15, -0.1) is 0 Å². The number of ether oxygens (including phenoxy) is 1. The van der Waals surface area contributed by atoms with Gasteiger partial charge in [0, 0.05) is 25.4 Å². The molecule has 0 atom stereocenters. The van der Waals surface area contributed by atoms with E-state index in [-0.39, 0.29) is 11.4 Å². The van der Waals surface area contributed by atoms with Crippen LogP contribution in [-0.2, 0) is 10.2 Å². The molecule has 2 amide bonds. The molecule has 1 fully saturated rings. The van der Waals surface area contributed by atoms with Crippen LogP contribution in [0, 0.1) is 5.92 Å². The molecule has 0 bridgehead atoms. The Morgan fingerprint density at radius 1 is 1.24 bits per heavy atom. The predicted molar refractivity (Wildman–Crippen MR) is 85.7 cm³/mol. The van der Waals surface area contributed by atoms with E-state index in [0.29, 0.717) is 12.5 Å². The van der Waals surface area contributed by atoms with E-state index >= 15 is 0 Å². The Hall–Kier alpha value is -1.55. The van der Waals surface area contributed by atoms with Crippen molar-refractivity contribution in [1.82, 2.24) is 5.32 Å². The van der Waals surface area contributed by atoms with E-state index in [1.807, 2.05) is 18.2 Å². The van der Waals surface area contributed by atoms with Crippen molar-refractivity contribution in [3.63, 3.8) is 0 Å². The van der Waals surface area contributed by atoms with Crippen LogP contribution < -0.4 is 10.6 Å². The van der Waals surface area contributed by atoms with Crippen LogP contribution in [-0.4, -0.2) is 25.8 Å². The number of carbonyl (C=O) groups excluding carboxylic acids is 1. The van der Waals surface area contributed by atoms with Crippen molar-refractivity contribution in [2.24, 2.45) is 5.92 Å². The Bertz CT molecular complexity index is 474. The number of para-hydroxylation sites is 1. The van der Waals surface area contributed by atoms with Gasteiger partial charge in [-0.05, 0) is 35.8 Å². The lowest BCUT2D eigenvalue weighted by Gasteiger charge is -2.24. The maximum atomic E-state index is 12.1. The normalized spacial score (nSPS) is 16.5. The van der Waals surface area contributed by atoms with Crippen molar-refractivity contribution in [3.8, 4) is 0 Å². The molecule has 1 saturated heterocycles. The molecule has 0 radical (unpaired) electrons. The lowest BCUT2D eigenvalue weighted by Crippen LogP contribution is -2.35. The topological polar surface area (TPSA) is 50.4 Å². The van der Waals surface area contributed by atoms with Gasteiger partial charge in [0.25, 0.3) is 0 Å². The molecule has 1 aliphatic rings. The standard InChI is InChI=1S/C17H26N2O2/c1-17(2,3)14-6-4-5-7-15(14)19-16(20)18-12-13-8-10-21-11-9-13/h4-7,13H,8-12H2,1-3H3,(H2,18,19,20). The Kier molecular flexibility index (Phi) is 5.23. The molecule has 4 heteroatoms. The van der Waals surface area contributed by atoms with Crippen LogP contribution in [0.4, 0.5) is 10.5 Å². The zero-order valence-corrected chi connectivity index (χ0v) is 13.2. The molecule has 2 rings (SSSR count). The van der Waals surface area contributed by atoms with Gasteiger partial charge in [0.2, 0.25) is 0 Å². The van der Waals surface area contributed by atoms with Crippen molar-refractivity contribution in [2.75, 3.05) is 25.1 Å². The van der Waals surface area contributed by atoms with Crippen molar-refractivity contribution in [1.29, 1.82) is 0 Å². The Morgan fingerprint density at radius 2 is 1.90 bits per heavy atom. The molecule has 0 spiro atoms. The van der Waals surface area contributed by atoms with Gasteiger partial charge in [0.1, 0.15) is 0 Å². The quantitative estimate of drug-likeness (QED) is 0.894. The summed E-state index contributed by atoms with van der Waals surface area (Å²) in [6, 6.07) is 7.84. The SMILES string of the molecule is CC(C)(C)c1ccccc1NC(=O)NCC1CCOCC1. The third kappa shape index (κ3) is 4.74. The fourth-order valence-corrected chi connectivity index (χ4v) is 2.60. The summed E-state index contributed by atoms with van der Waals surface area (Å²) in [4.78, 5) is 12.1. The number of benzene rings is 1. The summed E-state index contributed by atoms with van der Waals surface area (Å²) in [5.74, 6) is 0.530. The molecular weight excluding hydrogens is 264 g/mol. The van der Waals surface area contributed by atoms with E-state index in [0.717, 1.165) is 37.3 Å². The Labute approximate surface area is 127 Å². The lowest BCUT2D eigenvalue weighted by atomic mass is 9.86. The summed E-state index contributed by atoms with van der Waals surface area (Å²) in [6.07, 6.45) is 2.05. The minimum atomic E-state index is -0.127. The second-order valence-corrected chi connectivity index (χ2v) is 6.69. The maximum absolute atomic E-state index is 12.1. The van der Waals surface area contributed by atoms with E-state index in [1.165, 1.54) is 0 Å². The van der Waals surface area contributed by atoms with Gasteiger partial charge in [-0.1, -0.05) is 39.0 Å². The molecule has 2 N–H and O–H groups in total. The summed E-state index contributed by atoms with van der Waals surface area (Å²) >= 11 is 0. The Morgan fingerprint density at radius 3 is 2.57 bits per heavy atom. The van der Waals surface area contributed by atoms with E-state index < -0.39 is 0 Å². The molecule has 0 unspecified atom stereocenters. The summed E-state index contributed by atoms with van der Waals surface area (Å²) in [5.41, 5.74) is 2.03. The molecule has 1 aromatic carbocycles. The lowest BCUT2D eigenvalue weighted by molar-refractivity contribution is 0.0671. The molecule has 1 aromatic rings. The van der Waals surface area contributed by atoms with E-state index in [9.17, 15) is 4.79 Å². The van der Waals surface area contributed by atoms with Gasteiger partial charge < -0.3 is 15.4 Å². The van der Waals surface area contributed by atoms with Crippen LogP contribution in [0.2, 0.25) is 0 Å². The smallest absolute Gasteiger partial charge is 0.319 e. The summed E-state index contributed by atoms with van der Waals surface area (Å²) < 4.78 is 5.33. The van der Waals surface area contributed by atoms with Crippen molar-refractivity contribution in [3.05, 3.63) is 29.8 Å². The van der Waals surface area contributed by atoms with Gasteiger partial charge in [-0.2, -0.15) is 0 Å². The largest absolute Gasteiger partial charge is 0.381 e. The van der Waals surface area contributed by atoms with Crippen LogP contribution in [0.1, 0.15) is 39.2 Å². The number of hydrogen-bond acceptors (Lipinski definition) is 2. The molecule has 0 aliphatic carbocycles.